The van der Waals surface area contributed by atoms with Gasteiger partial charge in [-0.15, -0.1) is 0 Å². The van der Waals surface area contributed by atoms with E-state index in [1.807, 2.05) is 0 Å². The zero-order valence-corrected chi connectivity index (χ0v) is 16.8. The van der Waals surface area contributed by atoms with E-state index in [-0.39, 0.29) is 21.1 Å². The van der Waals surface area contributed by atoms with Gasteiger partial charge >= 0.3 is 0 Å². The molecule has 0 unspecified atom stereocenters. The molecule has 0 spiro atoms. The van der Waals surface area contributed by atoms with Crippen molar-refractivity contribution in [1.82, 2.24) is 4.72 Å². The van der Waals surface area contributed by atoms with Crippen molar-refractivity contribution in [2.45, 2.75) is 22.0 Å². The van der Waals surface area contributed by atoms with Gasteiger partial charge in [0.25, 0.3) is 0 Å². The second kappa shape index (κ2) is 8.05. The molecule has 1 aromatic heterocycles. The van der Waals surface area contributed by atoms with E-state index in [0.717, 1.165) is 42.5 Å². The summed E-state index contributed by atoms with van der Waals surface area (Å²) < 4.78 is 85.3. The van der Waals surface area contributed by atoms with Gasteiger partial charge in [0, 0.05) is 6.54 Å². The minimum absolute atomic E-state index is 0.0212. The number of hydrogen-bond donors (Lipinski definition) is 1. The maximum Gasteiger partial charge on any atom is 0.240 e. The Labute approximate surface area is 167 Å². The highest BCUT2D eigenvalue weighted by Crippen LogP contribution is 2.29. The summed E-state index contributed by atoms with van der Waals surface area (Å²) in [7, 11) is -8.24. The Morgan fingerprint density at radius 2 is 1.62 bits per heavy atom. The molecule has 1 N–H and O–H groups in total. The predicted molar refractivity (Wildman–Crippen MR) is 101 cm³/mol. The fourth-order valence-corrected chi connectivity index (χ4v) is 5.77. The first-order chi connectivity index (χ1) is 13.6. The highest BCUT2D eigenvalue weighted by molar-refractivity contribution is 7.92. The summed E-state index contributed by atoms with van der Waals surface area (Å²) in [5, 5.41) is -1.39. The predicted octanol–water partition coefficient (Wildman–Crippen LogP) is 3.36. The monoisotopic (exact) mass is 441 g/mol. The number of sulfone groups is 1. The molecule has 29 heavy (non-hydrogen) atoms. The largest absolute Gasteiger partial charge is 0.468 e. The third-order valence-corrected chi connectivity index (χ3v) is 7.92. The van der Waals surface area contributed by atoms with Crippen molar-refractivity contribution in [2.75, 3.05) is 6.54 Å². The van der Waals surface area contributed by atoms with Crippen LogP contribution in [-0.4, -0.2) is 23.4 Å². The van der Waals surface area contributed by atoms with Crippen molar-refractivity contribution < 1.29 is 30.0 Å². The Morgan fingerprint density at radius 3 is 2.21 bits per heavy atom. The van der Waals surface area contributed by atoms with Crippen LogP contribution >= 0.6 is 0 Å². The first-order valence-corrected chi connectivity index (χ1v) is 11.4. The van der Waals surface area contributed by atoms with Crippen LogP contribution in [0.25, 0.3) is 0 Å². The molecule has 0 radical (unpaired) electrons. The molecule has 154 valence electrons. The molecule has 0 saturated carbocycles. The molecular formula is C19H17F2NO5S2. The van der Waals surface area contributed by atoms with Crippen LogP contribution < -0.4 is 4.72 Å². The van der Waals surface area contributed by atoms with Gasteiger partial charge in [-0.2, -0.15) is 0 Å². The lowest BCUT2D eigenvalue weighted by Gasteiger charge is -2.17. The van der Waals surface area contributed by atoms with Gasteiger partial charge in [-0.05, 0) is 67.1 Å². The molecular weight excluding hydrogens is 424 g/mol. The summed E-state index contributed by atoms with van der Waals surface area (Å²) in [5.74, 6) is -1.17. The quantitative estimate of drug-likeness (QED) is 0.568. The Morgan fingerprint density at radius 1 is 0.966 bits per heavy atom. The van der Waals surface area contributed by atoms with E-state index < -0.39 is 43.3 Å². The molecule has 2 aromatic carbocycles. The summed E-state index contributed by atoms with van der Waals surface area (Å²) in [4.78, 5) is -0.353. The van der Waals surface area contributed by atoms with Gasteiger partial charge in [-0.3, -0.25) is 0 Å². The molecule has 0 amide bonds. The van der Waals surface area contributed by atoms with Crippen LogP contribution in [0.5, 0.6) is 0 Å². The summed E-state index contributed by atoms with van der Waals surface area (Å²) in [6.07, 6.45) is 1.27. The molecule has 6 nitrogen and oxygen atoms in total. The molecule has 0 aliphatic carbocycles. The maximum atomic E-state index is 13.3. The van der Waals surface area contributed by atoms with Crippen molar-refractivity contribution in [1.29, 1.82) is 0 Å². The molecule has 1 heterocycles. The van der Waals surface area contributed by atoms with E-state index >= 15 is 0 Å². The molecule has 0 fully saturated rings. The minimum atomic E-state index is -4.13. The van der Waals surface area contributed by atoms with Crippen LogP contribution in [0.3, 0.4) is 0 Å². The number of hydrogen-bond acceptors (Lipinski definition) is 5. The minimum Gasteiger partial charge on any atom is -0.468 e. The number of benzene rings is 2. The Kier molecular flexibility index (Phi) is 5.87. The van der Waals surface area contributed by atoms with Gasteiger partial charge in [0.1, 0.15) is 22.6 Å². The molecule has 1 atom stereocenters. The summed E-state index contributed by atoms with van der Waals surface area (Å²) in [5.41, 5.74) is 0.174. The van der Waals surface area contributed by atoms with Crippen LogP contribution in [0.15, 0.2) is 75.1 Å². The molecule has 0 aliphatic rings. The fraction of sp³-hybridized carbons (Fsp3) is 0.158. The van der Waals surface area contributed by atoms with Crippen LogP contribution in [0.4, 0.5) is 8.78 Å². The number of sulfonamides is 1. The summed E-state index contributed by atoms with van der Waals surface area (Å²) in [6, 6.07) is 10.2. The van der Waals surface area contributed by atoms with E-state index in [4.69, 9.17) is 4.42 Å². The van der Waals surface area contributed by atoms with Gasteiger partial charge in [0.15, 0.2) is 9.84 Å². The first-order valence-electron chi connectivity index (χ1n) is 8.40. The average molecular weight is 441 g/mol. The zero-order valence-electron chi connectivity index (χ0n) is 15.2. The lowest BCUT2D eigenvalue weighted by molar-refractivity contribution is 0.486. The Balaban J connectivity index is 1.94. The van der Waals surface area contributed by atoms with Gasteiger partial charge in [-0.1, -0.05) is 0 Å². The summed E-state index contributed by atoms with van der Waals surface area (Å²) in [6.45, 7) is 0.892. The van der Waals surface area contributed by atoms with Crippen molar-refractivity contribution in [3.8, 4) is 0 Å². The molecule has 10 heteroatoms. The van der Waals surface area contributed by atoms with E-state index in [0.29, 0.717) is 0 Å². The van der Waals surface area contributed by atoms with E-state index in [1.165, 1.54) is 25.3 Å². The van der Waals surface area contributed by atoms with Crippen LogP contribution in [0.1, 0.15) is 16.6 Å². The van der Waals surface area contributed by atoms with Crippen molar-refractivity contribution in [3.05, 3.63) is 83.8 Å². The van der Waals surface area contributed by atoms with Gasteiger partial charge in [-0.25, -0.2) is 30.3 Å². The zero-order chi connectivity index (χ0) is 21.2. The number of nitrogens with one attached hydrogen (secondary N) is 1. The Bertz CT molecular complexity index is 1210. The van der Waals surface area contributed by atoms with Gasteiger partial charge < -0.3 is 4.42 Å². The standard InChI is InChI=1S/C19H17F2NO5S2/c1-13-11-15(21)6-9-18(13)29(25,26)22-12-19(17-3-2-10-27-17)28(23,24)16-7-4-14(20)5-8-16/h2-11,19,22H,12H2,1H3/t19-/m0/s1. The molecule has 3 aromatic rings. The SMILES string of the molecule is Cc1cc(F)ccc1S(=O)(=O)NC[C@@H](c1ccco1)S(=O)(=O)c1ccc(F)cc1. The van der Waals surface area contributed by atoms with E-state index in [9.17, 15) is 25.6 Å². The second-order valence-corrected chi connectivity index (χ2v) is 10.1. The van der Waals surface area contributed by atoms with Crippen molar-refractivity contribution in [2.24, 2.45) is 0 Å². The lowest BCUT2D eigenvalue weighted by atomic mass is 10.2. The number of aryl methyl sites for hydroxylation is 1. The fourth-order valence-electron chi connectivity index (χ4n) is 2.80. The molecule has 0 bridgehead atoms. The topological polar surface area (TPSA) is 93.4 Å². The third kappa shape index (κ3) is 4.55. The van der Waals surface area contributed by atoms with Crippen molar-refractivity contribution in [3.63, 3.8) is 0 Å². The van der Waals surface area contributed by atoms with Crippen LogP contribution in [0, 0.1) is 18.6 Å². The number of halogens is 2. The number of furan rings is 1. The highest BCUT2D eigenvalue weighted by atomic mass is 32.2. The van der Waals surface area contributed by atoms with E-state index in [2.05, 4.69) is 4.72 Å². The number of rotatable bonds is 7. The van der Waals surface area contributed by atoms with Gasteiger partial charge in [0.05, 0.1) is 16.1 Å². The van der Waals surface area contributed by atoms with Crippen LogP contribution in [-0.2, 0) is 19.9 Å². The average Bonchev–Trinajstić information content (AvgIpc) is 3.15. The smallest absolute Gasteiger partial charge is 0.240 e. The third-order valence-electron chi connectivity index (χ3n) is 4.26. The lowest BCUT2D eigenvalue weighted by Crippen LogP contribution is -2.32. The van der Waals surface area contributed by atoms with Crippen molar-refractivity contribution >= 4 is 19.9 Å². The first kappa shape index (κ1) is 21.2. The van der Waals surface area contributed by atoms with E-state index in [1.54, 1.807) is 0 Å². The summed E-state index contributed by atoms with van der Waals surface area (Å²) >= 11 is 0. The van der Waals surface area contributed by atoms with Crippen LogP contribution in [0.2, 0.25) is 0 Å². The normalized spacial score (nSPS) is 13.3. The molecule has 0 aliphatic heterocycles. The maximum absolute atomic E-state index is 13.3. The molecule has 0 saturated heterocycles. The second-order valence-electron chi connectivity index (χ2n) is 6.26. The highest BCUT2D eigenvalue weighted by Gasteiger charge is 2.33. The Hall–Kier alpha value is -2.56. The van der Waals surface area contributed by atoms with Gasteiger partial charge in [0.2, 0.25) is 10.0 Å². The molecule has 3 rings (SSSR count).